The zero-order chi connectivity index (χ0) is 26.8. The molecule has 4 atom stereocenters. The molecular formula is C32H23BrN2O4. The van der Waals surface area contributed by atoms with Gasteiger partial charge < -0.3 is 9.64 Å². The molecular weight excluding hydrogens is 556 g/mol. The SMILES string of the molecule is COc1ccc(C(=O)C2C3C(=O)N(c4ccc5ccccc5c4)C(=O)C3C3C=Cc4ccccc4N32)cc1Br. The van der Waals surface area contributed by atoms with Crippen LogP contribution in [0.5, 0.6) is 5.75 Å². The summed E-state index contributed by atoms with van der Waals surface area (Å²) in [7, 11) is 1.56. The van der Waals surface area contributed by atoms with E-state index in [-0.39, 0.29) is 17.6 Å². The number of imide groups is 1. The molecule has 0 saturated carbocycles. The summed E-state index contributed by atoms with van der Waals surface area (Å²) in [6, 6.07) is 25.1. The summed E-state index contributed by atoms with van der Waals surface area (Å²) in [5.74, 6) is -1.71. The number of carbonyl (C=O) groups excluding carboxylic acids is 3. The van der Waals surface area contributed by atoms with E-state index in [0.29, 0.717) is 21.5 Å². The zero-order valence-corrected chi connectivity index (χ0v) is 22.5. The fourth-order valence-electron chi connectivity index (χ4n) is 6.37. The maximum atomic E-state index is 14.3. The van der Waals surface area contributed by atoms with Crippen molar-refractivity contribution in [2.75, 3.05) is 16.9 Å². The summed E-state index contributed by atoms with van der Waals surface area (Å²) in [6.45, 7) is 0. The van der Waals surface area contributed by atoms with Crippen LogP contribution in [0.2, 0.25) is 0 Å². The number of anilines is 2. The average molecular weight is 579 g/mol. The number of ether oxygens (including phenoxy) is 1. The summed E-state index contributed by atoms with van der Waals surface area (Å²) in [6.07, 6.45) is 3.95. The molecule has 0 spiro atoms. The lowest BCUT2D eigenvalue weighted by molar-refractivity contribution is -0.122. The Labute approximate surface area is 233 Å². The molecule has 4 unspecified atom stereocenters. The Bertz CT molecular complexity index is 1730. The number of Topliss-reactive ketones (excluding diaryl/α,β-unsaturated/α-hetero) is 1. The number of ketones is 1. The number of amides is 2. The van der Waals surface area contributed by atoms with E-state index in [1.165, 1.54) is 4.90 Å². The number of methoxy groups -OCH3 is 1. The third-order valence-electron chi connectivity index (χ3n) is 8.11. The first-order chi connectivity index (χ1) is 19.0. The third-order valence-corrected chi connectivity index (χ3v) is 8.73. The molecule has 0 N–H and O–H groups in total. The van der Waals surface area contributed by atoms with Gasteiger partial charge in [-0.2, -0.15) is 0 Å². The van der Waals surface area contributed by atoms with Gasteiger partial charge in [0, 0.05) is 11.3 Å². The number of carbonyl (C=O) groups is 3. The molecule has 3 heterocycles. The van der Waals surface area contributed by atoms with Gasteiger partial charge in [0.25, 0.3) is 0 Å². The van der Waals surface area contributed by atoms with Gasteiger partial charge in [-0.25, -0.2) is 4.90 Å². The average Bonchev–Trinajstić information content (AvgIpc) is 3.44. The molecule has 4 aromatic carbocycles. The van der Waals surface area contributed by atoms with Crippen molar-refractivity contribution in [2.45, 2.75) is 12.1 Å². The summed E-state index contributed by atoms with van der Waals surface area (Å²) in [4.78, 5) is 45.8. The van der Waals surface area contributed by atoms with Crippen molar-refractivity contribution in [3.63, 3.8) is 0 Å². The molecule has 0 aliphatic carbocycles. The first-order valence-electron chi connectivity index (χ1n) is 12.8. The van der Waals surface area contributed by atoms with Crippen LogP contribution >= 0.6 is 15.9 Å². The molecule has 2 saturated heterocycles. The highest BCUT2D eigenvalue weighted by molar-refractivity contribution is 9.10. The Morgan fingerprint density at radius 2 is 1.59 bits per heavy atom. The van der Waals surface area contributed by atoms with Crippen molar-refractivity contribution in [1.82, 2.24) is 0 Å². The minimum atomic E-state index is -0.840. The topological polar surface area (TPSA) is 66.9 Å². The van der Waals surface area contributed by atoms with Crippen LogP contribution < -0.4 is 14.5 Å². The predicted molar refractivity (Wildman–Crippen MR) is 154 cm³/mol. The number of nitrogens with zero attached hydrogens (tertiary/aromatic N) is 2. The molecule has 0 aromatic heterocycles. The molecule has 2 fully saturated rings. The second-order valence-electron chi connectivity index (χ2n) is 10.1. The number of fused-ring (bicyclic) bond motifs is 6. The first-order valence-corrected chi connectivity index (χ1v) is 13.6. The zero-order valence-electron chi connectivity index (χ0n) is 21.0. The summed E-state index contributed by atoms with van der Waals surface area (Å²) in [5, 5.41) is 1.97. The van der Waals surface area contributed by atoms with Gasteiger partial charge in [-0.15, -0.1) is 0 Å². The van der Waals surface area contributed by atoms with E-state index < -0.39 is 23.9 Å². The van der Waals surface area contributed by atoms with Gasteiger partial charge in [-0.05, 0) is 68.7 Å². The minimum Gasteiger partial charge on any atom is -0.496 e. The smallest absolute Gasteiger partial charge is 0.240 e. The van der Waals surface area contributed by atoms with Gasteiger partial charge in [0.15, 0.2) is 5.78 Å². The molecule has 0 bridgehead atoms. The number of halogens is 1. The first kappa shape index (κ1) is 23.9. The normalized spacial score (nSPS) is 23.1. The van der Waals surface area contributed by atoms with E-state index in [0.717, 1.165) is 22.0 Å². The monoisotopic (exact) mass is 578 g/mol. The van der Waals surface area contributed by atoms with Crippen LogP contribution in [0.4, 0.5) is 11.4 Å². The summed E-state index contributed by atoms with van der Waals surface area (Å²) in [5.41, 5.74) is 2.78. The van der Waals surface area contributed by atoms with Crippen molar-refractivity contribution in [3.05, 3.63) is 107 Å². The number of benzene rings is 4. The van der Waals surface area contributed by atoms with E-state index in [2.05, 4.69) is 15.9 Å². The highest BCUT2D eigenvalue weighted by atomic mass is 79.9. The highest BCUT2D eigenvalue weighted by Crippen LogP contribution is 2.50. The number of para-hydroxylation sites is 1. The molecule has 192 valence electrons. The van der Waals surface area contributed by atoms with E-state index in [1.807, 2.05) is 77.7 Å². The van der Waals surface area contributed by atoms with Gasteiger partial charge in [-0.1, -0.05) is 60.7 Å². The Balaban J connectivity index is 1.36. The van der Waals surface area contributed by atoms with Gasteiger partial charge in [0.1, 0.15) is 11.8 Å². The molecule has 7 rings (SSSR count). The summed E-state index contributed by atoms with van der Waals surface area (Å²) >= 11 is 3.49. The standard InChI is InChI=1S/C32H23BrN2O4/c1-39-26-15-12-21(17-23(26)33)30(36)29-28-27(25-14-11-19-7-4-5-9-24(19)35(25)29)31(37)34(32(28)38)22-13-10-18-6-2-3-8-20(18)16-22/h2-17,25,27-29H,1H3. The molecule has 7 heteroatoms. The highest BCUT2D eigenvalue weighted by Gasteiger charge is 2.64. The Kier molecular flexibility index (Phi) is 5.45. The van der Waals surface area contributed by atoms with Gasteiger partial charge in [0.05, 0.1) is 35.1 Å². The van der Waals surface area contributed by atoms with Crippen molar-refractivity contribution >= 4 is 61.8 Å². The molecule has 3 aliphatic rings. The number of rotatable bonds is 4. The fraction of sp³-hybridized carbons (Fsp3) is 0.156. The molecule has 6 nitrogen and oxygen atoms in total. The molecule has 39 heavy (non-hydrogen) atoms. The van der Waals surface area contributed by atoms with E-state index in [9.17, 15) is 14.4 Å². The van der Waals surface area contributed by atoms with Crippen molar-refractivity contribution in [3.8, 4) is 5.75 Å². The minimum absolute atomic E-state index is 0.206. The van der Waals surface area contributed by atoms with Gasteiger partial charge in [-0.3, -0.25) is 14.4 Å². The second kappa shape index (κ2) is 8.92. The maximum Gasteiger partial charge on any atom is 0.240 e. The summed E-state index contributed by atoms with van der Waals surface area (Å²) < 4.78 is 5.99. The molecule has 0 radical (unpaired) electrons. The van der Waals surface area contributed by atoms with Crippen molar-refractivity contribution in [2.24, 2.45) is 11.8 Å². The second-order valence-corrected chi connectivity index (χ2v) is 10.9. The lowest BCUT2D eigenvalue weighted by Gasteiger charge is -2.36. The third kappa shape index (κ3) is 3.49. The van der Waals surface area contributed by atoms with Gasteiger partial charge in [0.2, 0.25) is 11.8 Å². The van der Waals surface area contributed by atoms with Crippen LogP contribution in [0.25, 0.3) is 16.8 Å². The van der Waals surface area contributed by atoms with E-state index in [1.54, 1.807) is 31.4 Å². The number of hydrogen-bond donors (Lipinski definition) is 0. The van der Waals surface area contributed by atoms with Crippen LogP contribution in [0.1, 0.15) is 15.9 Å². The fourth-order valence-corrected chi connectivity index (χ4v) is 6.91. The quantitative estimate of drug-likeness (QED) is 0.223. The van der Waals surface area contributed by atoms with Crippen LogP contribution in [-0.2, 0) is 9.59 Å². The Morgan fingerprint density at radius 1 is 0.846 bits per heavy atom. The Hall–Kier alpha value is -4.23. The van der Waals surface area contributed by atoms with Crippen molar-refractivity contribution < 1.29 is 19.1 Å². The largest absolute Gasteiger partial charge is 0.496 e. The maximum absolute atomic E-state index is 14.3. The van der Waals surface area contributed by atoms with E-state index in [4.69, 9.17) is 4.74 Å². The number of hydrogen-bond acceptors (Lipinski definition) is 5. The van der Waals surface area contributed by atoms with Crippen molar-refractivity contribution in [1.29, 1.82) is 0 Å². The van der Waals surface area contributed by atoms with Crippen LogP contribution in [0, 0.1) is 11.8 Å². The lowest BCUT2D eigenvalue weighted by atomic mass is 9.86. The molecule has 3 aliphatic heterocycles. The van der Waals surface area contributed by atoms with E-state index >= 15 is 0 Å². The Morgan fingerprint density at radius 3 is 2.38 bits per heavy atom. The van der Waals surface area contributed by atoms with Crippen LogP contribution in [-0.4, -0.2) is 36.8 Å². The van der Waals surface area contributed by atoms with Crippen LogP contribution in [0.15, 0.2) is 95.5 Å². The lowest BCUT2D eigenvalue weighted by Crippen LogP contribution is -2.48. The molecule has 4 aromatic rings. The molecule has 2 amide bonds. The van der Waals surface area contributed by atoms with Crippen LogP contribution in [0.3, 0.4) is 0 Å². The van der Waals surface area contributed by atoms with Gasteiger partial charge >= 0.3 is 0 Å². The predicted octanol–water partition coefficient (Wildman–Crippen LogP) is 5.88.